The van der Waals surface area contributed by atoms with Crippen LogP contribution in [0.2, 0.25) is 18.1 Å². The van der Waals surface area contributed by atoms with Crippen LogP contribution in [0.15, 0.2) is 0 Å². The Morgan fingerprint density at radius 3 is 2.40 bits per heavy atom. The lowest BCUT2D eigenvalue weighted by Crippen LogP contribution is -2.50. The molecule has 0 aromatic rings. The van der Waals surface area contributed by atoms with Gasteiger partial charge in [0.25, 0.3) is 0 Å². The normalized spacial score (nSPS) is 39.0. The fourth-order valence-corrected chi connectivity index (χ4v) is 5.42. The van der Waals surface area contributed by atoms with Gasteiger partial charge in [-0.25, -0.2) is 0 Å². The SMILES string of the molecule is C[C@@H]1C(=O)CC[C@]2(C)[C@@H](O[Si](C)(C)C(C)(C)C)CC[C@@H]12. The molecular weight excluding hydrogens is 264 g/mol. The predicted octanol–water partition coefficient (Wildman–Crippen LogP) is 4.79. The molecular formula is C17H32O2Si. The standard InChI is InChI=1S/C17H32O2Si/c1-12-13-8-9-15(17(13,5)11-10-14(12)18)19-20(6,7)16(2,3)4/h12-13,15H,8-11H2,1-7H3/t12-,13-,15-,17-/m0/s1. The number of carbonyl (C=O) groups excluding carboxylic acids is 1. The molecule has 4 atom stereocenters. The van der Waals surface area contributed by atoms with Crippen LogP contribution in [0.1, 0.15) is 60.3 Å². The van der Waals surface area contributed by atoms with Crippen LogP contribution in [0, 0.1) is 17.3 Å². The van der Waals surface area contributed by atoms with E-state index in [4.69, 9.17) is 4.43 Å². The van der Waals surface area contributed by atoms with Crippen molar-refractivity contribution in [3.63, 3.8) is 0 Å². The summed E-state index contributed by atoms with van der Waals surface area (Å²) in [7, 11) is -1.72. The van der Waals surface area contributed by atoms with Crippen LogP contribution in [0.5, 0.6) is 0 Å². The van der Waals surface area contributed by atoms with Crippen LogP contribution in [0.25, 0.3) is 0 Å². The molecule has 0 heterocycles. The van der Waals surface area contributed by atoms with E-state index in [1.165, 1.54) is 6.42 Å². The first-order valence-electron chi connectivity index (χ1n) is 8.19. The second kappa shape index (κ2) is 4.94. The third-order valence-corrected chi connectivity index (χ3v) is 11.1. The lowest BCUT2D eigenvalue weighted by Gasteiger charge is -2.47. The average molecular weight is 297 g/mol. The Morgan fingerprint density at radius 1 is 1.25 bits per heavy atom. The third-order valence-electron chi connectivity index (χ3n) is 6.59. The van der Waals surface area contributed by atoms with E-state index in [2.05, 4.69) is 47.7 Å². The third kappa shape index (κ3) is 2.52. The highest BCUT2D eigenvalue weighted by Gasteiger charge is 2.55. The van der Waals surface area contributed by atoms with E-state index < -0.39 is 8.32 Å². The molecule has 2 aliphatic rings. The van der Waals surface area contributed by atoms with Crippen LogP contribution in [-0.2, 0) is 9.22 Å². The first kappa shape index (κ1) is 16.2. The van der Waals surface area contributed by atoms with Gasteiger partial charge in [0.1, 0.15) is 5.78 Å². The highest BCUT2D eigenvalue weighted by molar-refractivity contribution is 6.74. The van der Waals surface area contributed by atoms with E-state index in [0.717, 1.165) is 19.3 Å². The van der Waals surface area contributed by atoms with Gasteiger partial charge in [0, 0.05) is 12.3 Å². The molecule has 0 aliphatic heterocycles. The Kier molecular flexibility index (Phi) is 4.01. The van der Waals surface area contributed by atoms with E-state index in [1.54, 1.807) is 0 Å². The van der Waals surface area contributed by atoms with Gasteiger partial charge in [-0.05, 0) is 48.7 Å². The summed E-state index contributed by atoms with van der Waals surface area (Å²) in [5.41, 5.74) is 0.225. The fraction of sp³-hybridized carbons (Fsp3) is 0.941. The summed E-state index contributed by atoms with van der Waals surface area (Å²) in [6.45, 7) is 16.1. The van der Waals surface area contributed by atoms with Crippen molar-refractivity contribution in [2.45, 2.75) is 84.5 Å². The minimum absolute atomic E-state index is 0.225. The van der Waals surface area contributed by atoms with Gasteiger partial charge in [0.15, 0.2) is 8.32 Å². The second-order valence-corrected chi connectivity index (χ2v) is 13.6. The quantitative estimate of drug-likeness (QED) is 0.685. The zero-order chi connectivity index (χ0) is 15.3. The van der Waals surface area contributed by atoms with Crippen LogP contribution in [-0.4, -0.2) is 20.2 Å². The molecule has 0 aromatic carbocycles. The summed E-state index contributed by atoms with van der Waals surface area (Å²) in [6, 6.07) is 0. The van der Waals surface area contributed by atoms with Crippen molar-refractivity contribution in [3.8, 4) is 0 Å². The van der Waals surface area contributed by atoms with Crippen molar-refractivity contribution in [1.29, 1.82) is 0 Å². The topological polar surface area (TPSA) is 26.3 Å². The number of Topliss-reactive ketones (excluding diaryl/α,β-unsaturated/α-hetero) is 1. The maximum absolute atomic E-state index is 12.0. The Labute approximate surface area is 125 Å². The summed E-state index contributed by atoms with van der Waals surface area (Å²) >= 11 is 0. The average Bonchev–Trinajstić information content (AvgIpc) is 2.61. The zero-order valence-electron chi connectivity index (χ0n) is 14.4. The molecule has 0 spiro atoms. The summed E-state index contributed by atoms with van der Waals surface area (Å²) in [6.07, 6.45) is 4.46. The van der Waals surface area contributed by atoms with Gasteiger partial charge < -0.3 is 4.43 Å². The highest BCUT2D eigenvalue weighted by atomic mass is 28.4. The van der Waals surface area contributed by atoms with Crippen molar-refractivity contribution < 1.29 is 9.22 Å². The van der Waals surface area contributed by atoms with Crippen LogP contribution >= 0.6 is 0 Å². The van der Waals surface area contributed by atoms with E-state index >= 15 is 0 Å². The molecule has 2 saturated carbocycles. The number of fused-ring (bicyclic) bond motifs is 1. The van der Waals surface area contributed by atoms with Crippen molar-refractivity contribution in [2.75, 3.05) is 0 Å². The van der Waals surface area contributed by atoms with Gasteiger partial charge in [-0.2, -0.15) is 0 Å². The summed E-state index contributed by atoms with van der Waals surface area (Å²) in [5, 5.41) is 0.261. The Balaban J connectivity index is 2.18. The maximum Gasteiger partial charge on any atom is 0.192 e. The van der Waals surface area contributed by atoms with Gasteiger partial charge in [0.05, 0.1) is 6.10 Å². The lowest BCUT2D eigenvalue weighted by atomic mass is 9.64. The minimum Gasteiger partial charge on any atom is -0.413 e. The molecule has 0 aromatic heterocycles. The number of hydrogen-bond donors (Lipinski definition) is 0. The molecule has 0 saturated heterocycles. The maximum atomic E-state index is 12.0. The van der Waals surface area contributed by atoms with E-state index in [1.807, 2.05) is 0 Å². The number of ketones is 1. The van der Waals surface area contributed by atoms with Gasteiger partial charge in [-0.3, -0.25) is 4.79 Å². The molecule has 0 unspecified atom stereocenters. The van der Waals surface area contributed by atoms with E-state index in [-0.39, 0.29) is 16.4 Å². The Morgan fingerprint density at radius 2 is 1.85 bits per heavy atom. The molecule has 0 N–H and O–H groups in total. The summed E-state index contributed by atoms with van der Waals surface area (Å²) < 4.78 is 6.75. The van der Waals surface area contributed by atoms with E-state index in [9.17, 15) is 4.79 Å². The Bertz CT molecular complexity index is 396. The van der Waals surface area contributed by atoms with Crippen molar-refractivity contribution >= 4 is 14.1 Å². The van der Waals surface area contributed by atoms with Gasteiger partial charge in [-0.1, -0.05) is 34.6 Å². The molecule has 20 heavy (non-hydrogen) atoms. The van der Waals surface area contributed by atoms with Crippen molar-refractivity contribution in [2.24, 2.45) is 17.3 Å². The monoisotopic (exact) mass is 296 g/mol. The molecule has 2 fully saturated rings. The van der Waals surface area contributed by atoms with Crippen molar-refractivity contribution in [1.82, 2.24) is 0 Å². The smallest absolute Gasteiger partial charge is 0.192 e. The molecule has 0 bridgehead atoms. The van der Waals surface area contributed by atoms with Crippen LogP contribution in [0.4, 0.5) is 0 Å². The predicted molar refractivity (Wildman–Crippen MR) is 86.3 cm³/mol. The van der Waals surface area contributed by atoms with Gasteiger partial charge >= 0.3 is 0 Å². The second-order valence-electron chi connectivity index (χ2n) is 8.81. The lowest BCUT2D eigenvalue weighted by molar-refractivity contribution is -0.131. The van der Waals surface area contributed by atoms with E-state index in [0.29, 0.717) is 17.8 Å². The molecule has 2 rings (SSSR count). The van der Waals surface area contributed by atoms with Crippen molar-refractivity contribution in [3.05, 3.63) is 0 Å². The first-order valence-corrected chi connectivity index (χ1v) is 11.1. The minimum atomic E-state index is -1.72. The number of carbonyl (C=O) groups is 1. The largest absolute Gasteiger partial charge is 0.413 e. The first-order chi connectivity index (χ1) is 8.99. The van der Waals surface area contributed by atoms with Crippen LogP contribution < -0.4 is 0 Å². The number of rotatable bonds is 2. The highest BCUT2D eigenvalue weighted by Crippen LogP contribution is 2.56. The molecule has 3 heteroatoms. The summed E-state index contributed by atoms with van der Waals surface area (Å²) in [5.74, 6) is 1.25. The molecule has 2 aliphatic carbocycles. The molecule has 0 amide bonds. The van der Waals surface area contributed by atoms with Crippen LogP contribution in [0.3, 0.4) is 0 Å². The Hall–Kier alpha value is -0.153. The fourth-order valence-electron chi connectivity index (χ4n) is 3.97. The molecule has 0 radical (unpaired) electrons. The zero-order valence-corrected chi connectivity index (χ0v) is 15.4. The molecule has 2 nitrogen and oxygen atoms in total. The summed E-state index contributed by atoms with van der Waals surface area (Å²) in [4.78, 5) is 12.0. The number of hydrogen-bond acceptors (Lipinski definition) is 2. The van der Waals surface area contributed by atoms with Gasteiger partial charge in [0.2, 0.25) is 0 Å². The molecule has 116 valence electrons. The van der Waals surface area contributed by atoms with Gasteiger partial charge in [-0.15, -0.1) is 0 Å².